The van der Waals surface area contributed by atoms with Gasteiger partial charge in [-0.05, 0) is 37.6 Å². The summed E-state index contributed by atoms with van der Waals surface area (Å²) in [6.45, 7) is 3.88. The molecule has 118 valence electrons. The van der Waals surface area contributed by atoms with Gasteiger partial charge in [0, 0.05) is 11.1 Å². The summed E-state index contributed by atoms with van der Waals surface area (Å²) < 4.78 is 7.67. The van der Waals surface area contributed by atoms with Crippen LogP contribution >= 0.6 is 0 Å². The third kappa shape index (κ3) is 2.93. The van der Waals surface area contributed by atoms with E-state index in [-0.39, 0.29) is 12.6 Å². The molecule has 1 unspecified atom stereocenters. The van der Waals surface area contributed by atoms with Crippen molar-refractivity contribution < 1.29 is 14.6 Å². The Kier molecular flexibility index (Phi) is 4.06. The zero-order chi connectivity index (χ0) is 16.4. The third-order valence-corrected chi connectivity index (χ3v) is 4.06. The van der Waals surface area contributed by atoms with Crippen molar-refractivity contribution >= 4 is 16.9 Å². The predicted molar refractivity (Wildman–Crippen MR) is 90.1 cm³/mol. The van der Waals surface area contributed by atoms with Crippen LogP contribution in [-0.2, 0) is 4.79 Å². The van der Waals surface area contributed by atoms with Crippen LogP contribution in [0.25, 0.3) is 10.9 Å². The van der Waals surface area contributed by atoms with E-state index in [4.69, 9.17) is 9.84 Å². The molecule has 0 radical (unpaired) electrons. The number of carboxylic acid groups (broad SMARTS) is 1. The number of rotatable bonds is 5. The first-order valence-electron chi connectivity index (χ1n) is 7.58. The number of aliphatic carboxylic acids is 1. The van der Waals surface area contributed by atoms with E-state index >= 15 is 0 Å². The summed E-state index contributed by atoms with van der Waals surface area (Å²) in [6.07, 6.45) is 0. The van der Waals surface area contributed by atoms with Crippen LogP contribution in [-0.4, -0.2) is 22.2 Å². The number of benzene rings is 2. The molecule has 3 aromatic rings. The molecule has 0 fully saturated rings. The number of hydrogen-bond donors (Lipinski definition) is 1. The summed E-state index contributed by atoms with van der Waals surface area (Å²) in [5.41, 5.74) is 3.38. The van der Waals surface area contributed by atoms with E-state index in [1.54, 1.807) is 0 Å². The summed E-state index contributed by atoms with van der Waals surface area (Å²) in [5.74, 6) is -0.372. The first-order chi connectivity index (χ1) is 11.1. The Morgan fingerprint density at radius 2 is 1.91 bits per heavy atom. The maximum absolute atomic E-state index is 10.7. The molecule has 4 heteroatoms. The van der Waals surface area contributed by atoms with Gasteiger partial charge in [0.25, 0.3) is 0 Å². The monoisotopic (exact) mass is 309 g/mol. The van der Waals surface area contributed by atoms with E-state index in [1.807, 2.05) is 42.5 Å². The van der Waals surface area contributed by atoms with Crippen molar-refractivity contribution in [1.29, 1.82) is 0 Å². The van der Waals surface area contributed by atoms with Crippen LogP contribution in [0, 0.1) is 6.92 Å². The Balaban J connectivity index is 2.06. The number of nitrogens with zero attached hydrogens (tertiary/aromatic N) is 1. The van der Waals surface area contributed by atoms with Gasteiger partial charge in [-0.15, -0.1) is 0 Å². The normalized spacial score (nSPS) is 12.3. The highest BCUT2D eigenvalue weighted by Crippen LogP contribution is 2.33. The summed E-state index contributed by atoms with van der Waals surface area (Å²) in [6, 6.07) is 18.3. The van der Waals surface area contributed by atoms with Gasteiger partial charge in [-0.2, -0.15) is 0 Å². The summed E-state index contributed by atoms with van der Waals surface area (Å²) in [7, 11) is 0. The van der Waals surface area contributed by atoms with Crippen LogP contribution in [0.15, 0.2) is 54.6 Å². The van der Waals surface area contributed by atoms with Gasteiger partial charge in [-0.3, -0.25) is 0 Å². The number of fused-ring (bicyclic) bond motifs is 1. The minimum Gasteiger partial charge on any atom is -0.481 e. The van der Waals surface area contributed by atoms with Crippen LogP contribution in [0.4, 0.5) is 0 Å². The highest BCUT2D eigenvalue weighted by molar-refractivity contribution is 5.88. The predicted octanol–water partition coefficient (Wildman–Crippen LogP) is 4.02. The largest absolute Gasteiger partial charge is 0.481 e. The Labute approximate surface area is 134 Å². The molecule has 0 saturated heterocycles. The average molecular weight is 309 g/mol. The van der Waals surface area contributed by atoms with E-state index in [0.29, 0.717) is 5.75 Å². The summed E-state index contributed by atoms with van der Waals surface area (Å²) >= 11 is 0. The van der Waals surface area contributed by atoms with Gasteiger partial charge in [-0.25, -0.2) is 4.79 Å². The van der Waals surface area contributed by atoms with E-state index < -0.39 is 5.97 Å². The van der Waals surface area contributed by atoms with Gasteiger partial charge < -0.3 is 14.4 Å². The number of aromatic nitrogens is 1. The van der Waals surface area contributed by atoms with Crippen LogP contribution in [0.2, 0.25) is 0 Å². The second-order valence-electron chi connectivity index (χ2n) is 5.61. The van der Waals surface area contributed by atoms with Gasteiger partial charge in [0.1, 0.15) is 5.75 Å². The highest BCUT2D eigenvalue weighted by atomic mass is 16.5. The standard InChI is InChI=1S/C19H19NO3/c1-13-11-16-17(9-6-10-18(16)23-12-19(21)22)20(13)14(2)15-7-4-3-5-8-15/h3-11,14H,12H2,1-2H3,(H,21,22). The molecular weight excluding hydrogens is 290 g/mol. The average Bonchev–Trinajstić information content (AvgIpc) is 2.89. The molecule has 0 aliphatic heterocycles. The second-order valence-corrected chi connectivity index (χ2v) is 5.61. The lowest BCUT2D eigenvalue weighted by Gasteiger charge is -2.18. The lowest BCUT2D eigenvalue weighted by Crippen LogP contribution is -2.10. The molecule has 0 spiro atoms. The van der Waals surface area contributed by atoms with Gasteiger partial charge in [0.2, 0.25) is 0 Å². The number of carboxylic acids is 1. The van der Waals surface area contributed by atoms with Crippen molar-refractivity contribution in [2.24, 2.45) is 0 Å². The zero-order valence-electron chi connectivity index (χ0n) is 13.2. The number of ether oxygens (including phenoxy) is 1. The third-order valence-electron chi connectivity index (χ3n) is 4.06. The minimum absolute atomic E-state index is 0.184. The molecule has 0 amide bonds. The lowest BCUT2D eigenvalue weighted by molar-refractivity contribution is -0.139. The van der Waals surface area contributed by atoms with E-state index in [9.17, 15) is 4.79 Å². The number of carbonyl (C=O) groups is 1. The first kappa shape index (κ1) is 15.2. The molecule has 23 heavy (non-hydrogen) atoms. The van der Waals surface area contributed by atoms with Crippen molar-refractivity contribution in [2.75, 3.05) is 6.61 Å². The molecule has 2 aromatic carbocycles. The van der Waals surface area contributed by atoms with Crippen LogP contribution in [0.3, 0.4) is 0 Å². The fourth-order valence-electron chi connectivity index (χ4n) is 3.02. The Morgan fingerprint density at radius 1 is 1.17 bits per heavy atom. The van der Waals surface area contributed by atoms with E-state index in [0.717, 1.165) is 16.6 Å². The fraction of sp³-hybridized carbons (Fsp3) is 0.211. The molecule has 3 rings (SSSR count). The lowest BCUT2D eigenvalue weighted by atomic mass is 10.1. The SMILES string of the molecule is Cc1cc2c(OCC(=O)O)cccc2n1C(C)c1ccccc1. The van der Waals surface area contributed by atoms with Crippen molar-refractivity contribution in [2.45, 2.75) is 19.9 Å². The van der Waals surface area contributed by atoms with Crippen LogP contribution in [0.5, 0.6) is 5.75 Å². The summed E-state index contributed by atoms with van der Waals surface area (Å²) in [4.78, 5) is 10.7. The van der Waals surface area contributed by atoms with Gasteiger partial charge in [0.15, 0.2) is 6.61 Å². The minimum atomic E-state index is -0.976. The van der Waals surface area contributed by atoms with E-state index in [1.165, 1.54) is 5.56 Å². The molecule has 0 bridgehead atoms. The van der Waals surface area contributed by atoms with Crippen molar-refractivity contribution in [3.05, 3.63) is 65.9 Å². The van der Waals surface area contributed by atoms with Gasteiger partial charge >= 0.3 is 5.97 Å². The molecule has 1 N–H and O–H groups in total. The Hall–Kier alpha value is -2.75. The topological polar surface area (TPSA) is 51.5 Å². The van der Waals surface area contributed by atoms with Crippen molar-refractivity contribution in [3.63, 3.8) is 0 Å². The summed E-state index contributed by atoms with van der Waals surface area (Å²) in [5, 5.41) is 9.75. The van der Waals surface area contributed by atoms with Crippen molar-refractivity contribution in [3.8, 4) is 5.75 Å². The van der Waals surface area contributed by atoms with Gasteiger partial charge in [-0.1, -0.05) is 36.4 Å². The Morgan fingerprint density at radius 3 is 2.61 bits per heavy atom. The Bertz CT molecular complexity index is 836. The molecule has 0 aliphatic rings. The maximum Gasteiger partial charge on any atom is 0.341 e. The number of hydrogen-bond acceptors (Lipinski definition) is 2. The zero-order valence-corrected chi connectivity index (χ0v) is 13.2. The number of aryl methyl sites for hydroxylation is 1. The van der Waals surface area contributed by atoms with Crippen molar-refractivity contribution in [1.82, 2.24) is 4.57 Å². The maximum atomic E-state index is 10.7. The van der Waals surface area contributed by atoms with Gasteiger partial charge in [0.05, 0.1) is 11.6 Å². The molecule has 1 heterocycles. The second kappa shape index (κ2) is 6.16. The molecule has 4 nitrogen and oxygen atoms in total. The van der Waals surface area contributed by atoms with E-state index in [2.05, 4.69) is 30.5 Å². The molecule has 0 aliphatic carbocycles. The van der Waals surface area contributed by atoms with Crippen LogP contribution in [0.1, 0.15) is 24.2 Å². The molecule has 1 aromatic heterocycles. The fourth-order valence-corrected chi connectivity index (χ4v) is 3.02. The molecule has 0 saturated carbocycles. The first-order valence-corrected chi connectivity index (χ1v) is 7.58. The van der Waals surface area contributed by atoms with Crippen LogP contribution < -0.4 is 4.74 Å². The molecular formula is C19H19NO3. The highest BCUT2D eigenvalue weighted by Gasteiger charge is 2.16. The smallest absolute Gasteiger partial charge is 0.341 e. The quantitative estimate of drug-likeness (QED) is 0.774. The molecule has 1 atom stereocenters.